The first kappa shape index (κ1) is 16.8. The van der Waals surface area contributed by atoms with Crippen LogP contribution >= 0.6 is 0 Å². The lowest BCUT2D eigenvalue weighted by Crippen LogP contribution is -2.38. The highest BCUT2D eigenvalue weighted by molar-refractivity contribution is 7.85. The maximum atomic E-state index is 10.7. The van der Waals surface area contributed by atoms with Crippen LogP contribution < -0.4 is 5.32 Å². The van der Waals surface area contributed by atoms with Crippen molar-refractivity contribution >= 4 is 10.1 Å². The van der Waals surface area contributed by atoms with Crippen LogP contribution in [0.2, 0.25) is 0 Å². The molecular weight excluding hydrogens is 272 g/mol. The summed E-state index contributed by atoms with van der Waals surface area (Å²) < 4.78 is 36.7. The largest absolute Gasteiger partial charge is 0.379 e. The molecule has 1 rings (SSSR count). The van der Waals surface area contributed by atoms with Gasteiger partial charge in [0.25, 0.3) is 10.1 Å². The van der Waals surface area contributed by atoms with Crippen molar-refractivity contribution in [1.82, 2.24) is 10.2 Å². The molecule has 0 spiro atoms. The predicted molar refractivity (Wildman–Crippen MR) is 71.7 cm³/mol. The monoisotopic (exact) mass is 296 g/mol. The summed E-state index contributed by atoms with van der Waals surface area (Å²) in [7, 11) is -3.32. The third-order valence-electron chi connectivity index (χ3n) is 2.65. The van der Waals surface area contributed by atoms with Crippen molar-refractivity contribution in [2.24, 2.45) is 0 Å². The Labute approximate surface area is 115 Å². The van der Waals surface area contributed by atoms with E-state index in [-0.39, 0.29) is 6.61 Å². The van der Waals surface area contributed by atoms with Gasteiger partial charge in [-0.25, -0.2) is 0 Å². The van der Waals surface area contributed by atoms with E-state index in [4.69, 9.17) is 9.47 Å². The molecule has 0 unspecified atom stereocenters. The summed E-state index contributed by atoms with van der Waals surface area (Å²) in [6, 6.07) is 0. The molecule has 1 saturated heterocycles. The van der Waals surface area contributed by atoms with Gasteiger partial charge in [0.1, 0.15) is 0 Å². The van der Waals surface area contributed by atoms with E-state index in [0.717, 1.165) is 39.1 Å². The van der Waals surface area contributed by atoms with E-state index in [0.29, 0.717) is 26.3 Å². The second-order valence-electron chi connectivity index (χ2n) is 4.34. The highest BCUT2D eigenvalue weighted by Crippen LogP contribution is 1.95. The van der Waals surface area contributed by atoms with Crippen LogP contribution in [0.3, 0.4) is 0 Å². The minimum Gasteiger partial charge on any atom is -0.379 e. The molecule has 1 aliphatic rings. The van der Waals surface area contributed by atoms with Gasteiger partial charge in [0.05, 0.1) is 39.3 Å². The first-order valence-electron chi connectivity index (χ1n) is 6.51. The zero-order valence-electron chi connectivity index (χ0n) is 11.5. The molecule has 19 heavy (non-hydrogen) atoms. The van der Waals surface area contributed by atoms with Gasteiger partial charge in [-0.15, -0.1) is 0 Å². The molecule has 0 radical (unpaired) electrons. The molecule has 114 valence electrons. The van der Waals surface area contributed by atoms with Crippen molar-refractivity contribution in [1.29, 1.82) is 0 Å². The van der Waals surface area contributed by atoms with Crippen LogP contribution in [0.25, 0.3) is 0 Å². The Kier molecular flexibility index (Phi) is 8.51. The molecule has 8 heteroatoms. The first-order valence-corrected chi connectivity index (χ1v) is 8.32. The van der Waals surface area contributed by atoms with E-state index in [9.17, 15) is 8.42 Å². The van der Waals surface area contributed by atoms with Gasteiger partial charge in [0.15, 0.2) is 0 Å². The number of ether oxygens (including phenoxy) is 2. The van der Waals surface area contributed by atoms with Gasteiger partial charge in [-0.2, -0.15) is 8.42 Å². The van der Waals surface area contributed by atoms with E-state index in [1.165, 1.54) is 0 Å². The molecule has 1 aliphatic heterocycles. The molecule has 0 aromatic heterocycles. The quantitative estimate of drug-likeness (QED) is 0.405. The Morgan fingerprint density at radius 1 is 1.16 bits per heavy atom. The molecule has 0 aromatic carbocycles. The van der Waals surface area contributed by atoms with E-state index in [1.54, 1.807) is 0 Å². The van der Waals surface area contributed by atoms with Crippen LogP contribution in [-0.4, -0.2) is 85.3 Å². The minimum atomic E-state index is -3.32. The third kappa shape index (κ3) is 10.2. The molecule has 1 fully saturated rings. The number of morpholine rings is 1. The van der Waals surface area contributed by atoms with E-state index < -0.39 is 10.1 Å². The number of nitrogens with one attached hydrogen (secondary N) is 1. The fourth-order valence-electron chi connectivity index (χ4n) is 1.66. The lowest BCUT2D eigenvalue weighted by molar-refractivity contribution is 0.0208. The average molecular weight is 296 g/mol. The highest BCUT2D eigenvalue weighted by atomic mass is 32.2. The standard InChI is InChI=1S/C11H24N2O5S/c1-19(14,15)18-8-3-12-2-7-16-9-4-13-5-10-17-11-6-13/h12H,2-11H2,1H3. The van der Waals surface area contributed by atoms with Crippen LogP contribution in [-0.2, 0) is 23.8 Å². The fourth-order valence-corrected chi connectivity index (χ4v) is 2.04. The topological polar surface area (TPSA) is 77.1 Å². The lowest BCUT2D eigenvalue weighted by atomic mass is 10.4. The van der Waals surface area contributed by atoms with Gasteiger partial charge in [-0.1, -0.05) is 0 Å². The summed E-state index contributed by atoms with van der Waals surface area (Å²) in [4.78, 5) is 2.32. The third-order valence-corrected chi connectivity index (χ3v) is 3.25. The minimum absolute atomic E-state index is 0.159. The average Bonchev–Trinajstić information content (AvgIpc) is 2.37. The van der Waals surface area contributed by atoms with Crippen molar-refractivity contribution in [2.75, 3.05) is 72.0 Å². The Morgan fingerprint density at radius 3 is 2.53 bits per heavy atom. The molecule has 7 nitrogen and oxygen atoms in total. The first-order chi connectivity index (χ1) is 9.08. The second-order valence-corrected chi connectivity index (χ2v) is 5.99. The summed E-state index contributed by atoms with van der Waals surface area (Å²) in [5, 5.41) is 3.05. The zero-order valence-corrected chi connectivity index (χ0v) is 12.3. The Balaban J connectivity index is 1.81. The van der Waals surface area contributed by atoms with Crippen LogP contribution in [0.15, 0.2) is 0 Å². The SMILES string of the molecule is CS(=O)(=O)OCCNCCOCCN1CCOCC1. The van der Waals surface area contributed by atoms with Crippen LogP contribution in [0.5, 0.6) is 0 Å². The molecule has 0 saturated carbocycles. The normalized spacial score (nSPS) is 17.7. The molecule has 1 N–H and O–H groups in total. The summed E-state index contributed by atoms with van der Waals surface area (Å²) >= 11 is 0. The molecule has 1 heterocycles. The Hall–Kier alpha value is -0.250. The number of rotatable bonds is 10. The predicted octanol–water partition coefficient (Wildman–Crippen LogP) is -1.10. The molecule has 0 aromatic rings. The summed E-state index contributed by atoms with van der Waals surface area (Å²) in [5.41, 5.74) is 0. The maximum Gasteiger partial charge on any atom is 0.264 e. The Morgan fingerprint density at radius 2 is 1.84 bits per heavy atom. The van der Waals surface area contributed by atoms with Crippen molar-refractivity contribution in [3.05, 3.63) is 0 Å². The highest BCUT2D eigenvalue weighted by Gasteiger charge is 2.08. The van der Waals surface area contributed by atoms with E-state index in [1.807, 2.05) is 0 Å². The molecular formula is C11H24N2O5S. The van der Waals surface area contributed by atoms with Gasteiger partial charge in [0, 0.05) is 32.7 Å². The number of hydrogen-bond acceptors (Lipinski definition) is 7. The fraction of sp³-hybridized carbons (Fsp3) is 1.00. The smallest absolute Gasteiger partial charge is 0.264 e. The molecule has 0 amide bonds. The summed E-state index contributed by atoms with van der Waals surface area (Å²) in [6.07, 6.45) is 1.04. The Bertz CT molecular complexity index is 317. The van der Waals surface area contributed by atoms with Gasteiger partial charge >= 0.3 is 0 Å². The van der Waals surface area contributed by atoms with Crippen molar-refractivity contribution < 1.29 is 22.1 Å². The molecule has 0 atom stereocenters. The number of nitrogens with zero attached hydrogens (tertiary/aromatic N) is 1. The van der Waals surface area contributed by atoms with E-state index >= 15 is 0 Å². The van der Waals surface area contributed by atoms with Crippen molar-refractivity contribution in [3.8, 4) is 0 Å². The molecule has 0 bridgehead atoms. The van der Waals surface area contributed by atoms with Gasteiger partial charge in [-0.3, -0.25) is 9.08 Å². The van der Waals surface area contributed by atoms with Crippen molar-refractivity contribution in [2.45, 2.75) is 0 Å². The van der Waals surface area contributed by atoms with Crippen LogP contribution in [0, 0.1) is 0 Å². The van der Waals surface area contributed by atoms with Crippen LogP contribution in [0.1, 0.15) is 0 Å². The van der Waals surface area contributed by atoms with Gasteiger partial charge < -0.3 is 14.8 Å². The molecule has 0 aliphatic carbocycles. The maximum absolute atomic E-state index is 10.7. The summed E-state index contributed by atoms with van der Waals surface area (Å²) in [5.74, 6) is 0. The van der Waals surface area contributed by atoms with Crippen molar-refractivity contribution in [3.63, 3.8) is 0 Å². The van der Waals surface area contributed by atoms with E-state index in [2.05, 4.69) is 14.4 Å². The lowest BCUT2D eigenvalue weighted by Gasteiger charge is -2.26. The van der Waals surface area contributed by atoms with Gasteiger partial charge in [-0.05, 0) is 0 Å². The van der Waals surface area contributed by atoms with Crippen LogP contribution in [0.4, 0.5) is 0 Å². The number of hydrogen-bond donors (Lipinski definition) is 1. The second kappa shape index (κ2) is 9.62. The summed E-state index contributed by atoms with van der Waals surface area (Å²) in [6.45, 7) is 7.17. The van der Waals surface area contributed by atoms with Gasteiger partial charge in [0.2, 0.25) is 0 Å². The zero-order chi connectivity index (χ0) is 14.0.